The standard InChI is InChI=1S/C14H14F3NO4/c1-8(13(21)22)6-12(20)18-11(7-19)9-2-4-10(5-3-9)14(15,16)17/h2-5,11,19H,1,6-7H2,(H,18,20)(H,21,22). The molecule has 0 saturated carbocycles. The van der Waals surface area contributed by atoms with Gasteiger partial charge in [-0.2, -0.15) is 13.2 Å². The number of aliphatic carboxylic acids is 1. The van der Waals surface area contributed by atoms with Gasteiger partial charge in [-0.3, -0.25) is 4.79 Å². The van der Waals surface area contributed by atoms with E-state index >= 15 is 0 Å². The maximum absolute atomic E-state index is 12.4. The summed E-state index contributed by atoms with van der Waals surface area (Å²) in [5.74, 6) is -2.03. The molecule has 0 aliphatic carbocycles. The number of alkyl halides is 3. The van der Waals surface area contributed by atoms with Crippen LogP contribution in [-0.4, -0.2) is 28.7 Å². The Morgan fingerprint density at radius 1 is 1.23 bits per heavy atom. The lowest BCUT2D eigenvalue weighted by Gasteiger charge is -2.17. The van der Waals surface area contributed by atoms with Crippen molar-refractivity contribution in [2.75, 3.05) is 6.61 Å². The Labute approximate surface area is 124 Å². The Hall–Kier alpha value is -2.35. The second-order valence-corrected chi connectivity index (χ2v) is 4.51. The van der Waals surface area contributed by atoms with Crippen LogP contribution >= 0.6 is 0 Å². The molecule has 0 aliphatic heterocycles. The quantitative estimate of drug-likeness (QED) is 0.699. The van der Waals surface area contributed by atoms with Gasteiger partial charge in [-0.25, -0.2) is 4.79 Å². The third kappa shape index (κ3) is 4.88. The molecule has 0 saturated heterocycles. The first-order valence-electron chi connectivity index (χ1n) is 6.13. The van der Waals surface area contributed by atoms with Gasteiger partial charge in [-0.1, -0.05) is 18.7 Å². The summed E-state index contributed by atoms with van der Waals surface area (Å²) in [5.41, 5.74) is -0.912. The number of hydrogen-bond acceptors (Lipinski definition) is 3. The van der Waals surface area contributed by atoms with Crippen molar-refractivity contribution in [3.63, 3.8) is 0 Å². The number of nitrogens with one attached hydrogen (secondary N) is 1. The number of rotatable bonds is 6. The van der Waals surface area contributed by atoms with Crippen molar-refractivity contribution in [3.05, 3.63) is 47.5 Å². The van der Waals surface area contributed by atoms with Gasteiger partial charge in [-0.05, 0) is 17.7 Å². The van der Waals surface area contributed by atoms with E-state index in [9.17, 15) is 27.9 Å². The van der Waals surface area contributed by atoms with Crippen LogP contribution < -0.4 is 5.32 Å². The van der Waals surface area contributed by atoms with E-state index in [4.69, 9.17) is 5.11 Å². The molecule has 0 spiro atoms. The molecular weight excluding hydrogens is 303 g/mol. The molecule has 0 radical (unpaired) electrons. The fourth-order valence-corrected chi connectivity index (χ4v) is 1.65. The van der Waals surface area contributed by atoms with E-state index in [0.29, 0.717) is 0 Å². The van der Waals surface area contributed by atoms with Crippen LogP contribution in [-0.2, 0) is 15.8 Å². The monoisotopic (exact) mass is 317 g/mol. The van der Waals surface area contributed by atoms with Gasteiger partial charge in [0.25, 0.3) is 0 Å². The van der Waals surface area contributed by atoms with Crippen LogP contribution in [0, 0.1) is 0 Å². The highest BCUT2D eigenvalue weighted by Crippen LogP contribution is 2.29. The Kier molecular flexibility index (Phi) is 5.69. The predicted molar refractivity (Wildman–Crippen MR) is 70.8 cm³/mol. The number of hydrogen-bond donors (Lipinski definition) is 3. The number of halogens is 3. The molecule has 0 aliphatic rings. The van der Waals surface area contributed by atoms with Crippen LogP contribution in [0.15, 0.2) is 36.4 Å². The zero-order valence-electron chi connectivity index (χ0n) is 11.4. The molecule has 3 N–H and O–H groups in total. The summed E-state index contributed by atoms with van der Waals surface area (Å²) in [4.78, 5) is 22.2. The van der Waals surface area contributed by atoms with Gasteiger partial charge in [0, 0.05) is 5.57 Å². The number of aliphatic hydroxyl groups is 1. The molecule has 5 nitrogen and oxygen atoms in total. The average Bonchev–Trinajstić information content (AvgIpc) is 2.43. The highest BCUT2D eigenvalue weighted by molar-refractivity contribution is 5.93. The largest absolute Gasteiger partial charge is 0.478 e. The summed E-state index contributed by atoms with van der Waals surface area (Å²) < 4.78 is 37.3. The van der Waals surface area contributed by atoms with Gasteiger partial charge in [-0.15, -0.1) is 0 Å². The first kappa shape index (κ1) is 17.7. The van der Waals surface area contributed by atoms with Gasteiger partial charge in [0.05, 0.1) is 24.6 Å². The minimum Gasteiger partial charge on any atom is -0.478 e. The minimum absolute atomic E-state index is 0.268. The fourth-order valence-electron chi connectivity index (χ4n) is 1.65. The summed E-state index contributed by atoms with van der Waals surface area (Å²) >= 11 is 0. The smallest absolute Gasteiger partial charge is 0.416 e. The molecule has 8 heteroatoms. The molecule has 0 aromatic heterocycles. The lowest BCUT2D eigenvalue weighted by molar-refractivity contribution is -0.137. The Bertz CT molecular complexity index is 566. The number of benzene rings is 1. The molecular formula is C14H14F3NO4. The highest BCUT2D eigenvalue weighted by Gasteiger charge is 2.30. The summed E-state index contributed by atoms with van der Waals surface area (Å²) in [6, 6.07) is 3.00. The number of carbonyl (C=O) groups is 2. The summed E-state index contributed by atoms with van der Waals surface area (Å²) in [5, 5.41) is 20.2. The normalized spacial score (nSPS) is 12.5. The minimum atomic E-state index is -4.48. The van der Waals surface area contributed by atoms with Gasteiger partial charge in [0.1, 0.15) is 0 Å². The molecule has 1 aromatic rings. The average molecular weight is 317 g/mol. The van der Waals surface area contributed by atoms with Gasteiger partial charge < -0.3 is 15.5 Å². The molecule has 1 amide bonds. The van der Waals surface area contributed by atoms with Crippen molar-refractivity contribution in [1.82, 2.24) is 5.32 Å². The molecule has 1 atom stereocenters. The fraction of sp³-hybridized carbons (Fsp3) is 0.286. The predicted octanol–water partition coefficient (Wildman–Crippen LogP) is 1.89. The highest BCUT2D eigenvalue weighted by atomic mass is 19.4. The Morgan fingerprint density at radius 2 is 1.77 bits per heavy atom. The van der Waals surface area contributed by atoms with E-state index in [1.807, 2.05) is 0 Å². The van der Waals surface area contributed by atoms with Crippen molar-refractivity contribution in [1.29, 1.82) is 0 Å². The summed E-state index contributed by atoms with van der Waals surface area (Å²) in [7, 11) is 0. The molecule has 0 bridgehead atoms. The van der Waals surface area contributed by atoms with E-state index in [2.05, 4.69) is 11.9 Å². The van der Waals surface area contributed by atoms with Gasteiger partial charge >= 0.3 is 12.1 Å². The number of amides is 1. The van der Waals surface area contributed by atoms with E-state index in [0.717, 1.165) is 24.3 Å². The molecule has 0 heterocycles. The zero-order valence-corrected chi connectivity index (χ0v) is 11.4. The van der Waals surface area contributed by atoms with E-state index in [-0.39, 0.29) is 11.1 Å². The van der Waals surface area contributed by atoms with Crippen molar-refractivity contribution < 1.29 is 33.0 Å². The third-order valence-corrected chi connectivity index (χ3v) is 2.83. The van der Waals surface area contributed by atoms with Crippen LogP contribution in [0.2, 0.25) is 0 Å². The van der Waals surface area contributed by atoms with Crippen molar-refractivity contribution in [2.45, 2.75) is 18.6 Å². The zero-order chi connectivity index (χ0) is 16.9. The van der Waals surface area contributed by atoms with Crippen LogP contribution in [0.25, 0.3) is 0 Å². The van der Waals surface area contributed by atoms with Crippen LogP contribution in [0.5, 0.6) is 0 Å². The summed E-state index contributed by atoms with van der Waals surface area (Å²) in [6.45, 7) is 2.65. The molecule has 1 unspecified atom stereocenters. The molecule has 0 fully saturated rings. The van der Waals surface area contributed by atoms with E-state index < -0.39 is 42.7 Å². The lowest BCUT2D eigenvalue weighted by Crippen LogP contribution is -2.31. The second-order valence-electron chi connectivity index (χ2n) is 4.51. The van der Waals surface area contributed by atoms with E-state index in [1.165, 1.54) is 0 Å². The number of carbonyl (C=O) groups excluding carboxylic acids is 1. The first-order valence-corrected chi connectivity index (χ1v) is 6.13. The molecule has 120 valence electrons. The van der Waals surface area contributed by atoms with Crippen molar-refractivity contribution in [3.8, 4) is 0 Å². The number of carboxylic acid groups (broad SMARTS) is 1. The number of aliphatic hydroxyl groups excluding tert-OH is 1. The van der Waals surface area contributed by atoms with Crippen molar-refractivity contribution in [2.24, 2.45) is 0 Å². The van der Waals surface area contributed by atoms with Gasteiger partial charge in [0.2, 0.25) is 5.91 Å². The third-order valence-electron chi connectivity index (χ3n) is 2.83. The molecule has 1 aromatic carbocycles. The van der Waals surface area contributed by atoms with Crippen LogP contribution in [0.4, 0.5) is 13.2 Å². The first-order chi connectivity index (χ1) is 10.1. The maximum atomic E-state index is 12.4. The Balaban J connectivity index is 2.78. The SMILES string of the molecule is C=C(CC(=O)NC(CO)c1ccc(C(F)(F)F)cc1)C(=O)O. The molecule has 22 heavy (non-hydrogen) atoms. The summed E-state index contributed by atoms with van der Waals surface area (Å²) in [6.07, 6.45) is -4.96. The van der Waals surface area contributed by atoms with E-state index in [1.54, 1.807) is 0 Å². The van der Waals surface area contributed by atoms with Crippen LogP contribution in [0.3, 0.4) is 0 Å². The van der Waals surface area contributed by atoms with Crippen LogP contribution in [0.1, 0.15) is 23.6 Å². The van der Waals surface area contributed by atoms with Crippen molar-refractivity contribution >= 4 is 11.9 Å². The Morgan fingerprint density at radius 3 is 2.18 bits per heavy atom. The topological polar surface area (TPSA) is 86.6 Å². The lowest BCUT2D eigenvalue weighted by atomic mass is 10.0. The van der Waals surface area contributed by atoms with Gasteiger partial charge in [0.15, 0.2) is 0 Å². The maximum Gasteiger partial charge on any atom is 0.416 e. The second kappa shape index (κ2) is 7.08. The number of carboxylic acids is 1. The molecule has 1 rings (SSSR count).